The molecule has 1 heterocycles. The largest absolute Gasteiger partial charge is 0.444 e. The number of ether oxygens (including phenoxy) is 1. The maximum atomic E-state index is 11.6. The number of hydrogen-bond acceptors (Lipinski definition) is 6. The van der Waals surface area contributed by atoms with E-state index in [2.05, 4.69) is 10.5 Å². The van der Waals surface area contributed by atoms with Crippen LogP contribution in [0.1, 0.15) is 11.3 Å². The first-order chi connectivity index (χ1) is 9.88. The standard InChI is InChI=1S/C12H13N3O5S/c1-8-10(21(13,17)18)11(15-20-8)14-12(16)19-7-9-5-3-2-4-6-9/h2-6H,7H2,1H3,(H2,13,17,18)(H,14,15,16). The summed E-state index contributed by atoms with van der Waals surface area (Å²) in [6.07, 6.45) is -0.864. The highest BCUT2D eigenvalue weighted by Crippen LogP contribution is 2.22. The number of benzene rings is 1. The molecule has 0 bridgehead atoms. The molecule has 0 unspecified atom stereocenters. The Hall–Kier alpha value is -2.39. The molecule has 1 aromatic carbocycles. The van der Waals surface area contributed by atoms with Gasteiger partial charge in [0.2, 0.25) is 10.0 Å². The fourth-order valence-corrected chi connectivity index (χ4v) is 2.43. The number of carbonyl (C=O) groups excluding carboxylic acids is 1. The molecule has 0 saturated heterocycles. The minimum Gasteiger partial charge on any atom is -0.444 e. The Bertz CT molecular complexity index is 740. The Morgan fingerprint density at radius 3 is 2.67 bits per heavy atom. The molecule has 1 amide bonds. The van der Waals surface area contributed by atoms with Crippen LogP contribution in [0.15, 0.2) is 39.8 Å². The molecule has 0 aliphatic heterocycles. The molecule has 2 rings (SSSR count). The van der Waals surface area contributed by atoms with Crippen LogP contribution in [-0.4, -0.2) is 19.7 Å². The van der Waals surface area contributed by atoms with E-state index < -0.39 is 16.1 Å². The van der Waals surface area contributed by atoms with Crippen molar-refractivity contribution in [3.63, 3.8) is 0 Å². The molecule has 0 fully saturated rings. The van der Waals surface area contributed by atoms with E-state index in [4.69, 9.17) is 14.4 Å². The molecule has 21 heavy (non-hydrogen) atoms. The van der Waals surface area contributed by atoms with Gasteiger partial charge in [-0.3, -0.25) is 5.32 Å². The topological polar surface area (TPSA) is 125 Å². The van der Waals surface area contributed by atoms with E-state index in [1.807, 2.05) is 6.07 Å². The first kappa shape index (κ1) is 15.0. The summed E-state index contributed by atoms with van der Waals surface area (Å²) in [4.78, 5) is 11.2. The molecule has 8 nitrogen and oxygen atoms in total. The van der Waals surface area contributed by atoms with Crippen LogP contribution in [0.3, 0.4) is 0 Å². The van der Waals surface area contributed by atoms with Crippen LogP contribution in [0, 0.1) is 6.92 Å². The molecule has 3 N–H and O–H groups in total. The maximum Gasteiger partial charge on any atom is 0.413 e. The summed E-state index contributed by atoms with van der Waals surface area (Å²) in [7, 11) is -4.06. The molecule has 9 heteroatoms. The average Bonchev–Trinajstić information content (AvgIpc) is 2.78. The maximum absolute atomic E-state index is 11.6. The number of aryl methyl sites for hydroxylation is 1. The zero-order valence-corrected chi connectivity index (χ0v) is 11.9. The van der Waals surface area contributed by atoms with Gasteiger partial charge >= 0.3 is 6.09 Å². The Kier molecular flexibility index (Phi) is 4.24. The lowest BCUT2D eigenvalue weighted by molar-refractivity contribution is 0.155. The Morgan fingerprint density at radius 2 is 2.05 bits per heavy atom. The van der Waals surface area contributed by atoms with Crippen molar-refractivity contribution in [2.24, 2.45) is 5.14 Å². The lowest BCUT2D eigenvalue weighted by Crippen LogP contribution is -2.19. The monoisotopic (exact) mass is 311 g/mol. The lowest BCUT2D eigenvalue weighted by Gasteiger charge is -2.05. The number of nitrogens with two attached hydrogens (primary N) is 1. The van der Waals surface area contributed by atoms with Gasteiger partial charge in [0.25, 0.3) is 0 Å². The number of aromatic nitrogens is 1. The zero-order valence-electron chi connectivity index (χ0n) is 11.1. The first-order valence-electron chi connectivity index (χ1n) is 5.84. The fraction of sp³-hybridized carbons (Fsp3) is 0.167. The summed E-state index contributed by atoms with van der Waals surface area (Å²) in [5.74, 6) is -0.316. The zero-order chi connectivity index (χ0) is 15.5. The van der Waals surface area contributed by atoms with Gasteiger partial charge in [-0.1, -0.05) is 35.5 Å². The fourth-order valence-electron chi connectivity index (χ4n) is 1.63. The molecule has 0 saturated carbocycles. The van der Waals surface area contributed by atoms with Gasteiger partial charge in [0.15, 0.2) is 16.5 Å². The van der Waals surface area contributed by atoms with Crippen molar-refractivity contribution < 1.29 is 22.5 Å². The molecule has 1 aromatic heterocycles. The Labute approximate surface area is 120 Å². The number of amides is 1. The van der Waals surface area contributed by atoms with Crippen LogP contribution in [0.4, 0.5) is 10.6 Å². The van der Waals surface area contributed by atoms with Crippen LogP contribution in [0.5, 0.6) is 0 Å². The van der Waals surface area contributed by atoms with Gasteiger partial charge in [0, 0.05) is 0 Å². The van der Waals surface area contributed by atoms with E-state index in [-0.39, 0.29) is 23.1 Å². The van der Waals surface area contributed by atoms with E-state index in [0.717, 1.165) is 5.56 Å². The van der Waals surface area contributed by atoms with Crippen LogP contribution < -0.4 is 10.5 Å². The molecular weight excluding hydrogens is 298 g/mol. The molecule has 0 radical (unpaired) electrons. The molecule has 2 aromatic rings. The summed E-state index contributed by atoms with van der Waals surface area (Å²) < 4.78 is 32.4. The lowest BCUT2D eigenvalue weighted by atomic mass is 10.2. The Morgan fingerprint density at radius 1 is 1.38 bits per heavy atom. The van der Waals surface area contributed by atoms with Gasteiger partial charge in [0.1, 0.15) is 6.61 Å². The van der Waals surface area contributed by atoms with E-state index in [1.165, 1.54) is 6.92 Å². The van der Waals surface area contributed by atoms with Crippen molar-refractivity contribution in [2.75, 3.05) is 5.32 Å². The number of sulfonamides is 1. The molecule has 0 aliphatic carbocycles. The highest BCUT2D eigenvalue weighted by atomic mass is 32.2. The van der Waals surface area contributed by atoms with Crippen molar-refractivity contribution >= 4 is 21.9 Å². The summed E-state index contributed by atoms with van der Waals surface area (Å²) in [6.45, 7) is 1.40. The first-order valence-corrected chi connectivity index (χ1v) is 7.39. The number of rotatable bonds is 4. The van der Waals surface area contributed by atoms with Gasteiger partial charge < -0.3 is 9.26 Å². The highest BCUT2D eigenvalue weighted by Gasteiger charge is 2.24. The number of carbonyl (C=O) groups is 1. The highest BCUT2D eigenvalue weighted by molar-refractivity contribution is 7.89. The van der Waals surface area contributed by atoms with Crippen LogP contribution in [0.2, 0.25) is 0 Å². The van der Waals surface area contributed by atoms with Gasteiger partial charge in [0.05, 0.1) is 0 Å². The Balaban J connectivity index is 2.04. The third-order valence-corrected chi connectivity index (χ3v) is 3.58. The summed E-state index contributed by atoms with van der Waals surface area (Å²) in [5, 5.41) is 10.6. The van der Waals surface area contributed by atoms with Gasteiger partial charge in [-0.05, 0) is 12.5 Å². The van der Waals surface area contributed by atoms with Gasteiger partial charge in [-0.25, -0.2) is 18.4 Å². The number of nitrogens with zero attached hydrogens (tertiary/aromatic N) is 1. The second kappa shape index (κ2) is 5.94. The second-order valence-electron chi connectivity index (χ2n) is 4.15. The normalized spacial score (nSPS) is 11.1. The average molecular weight is 311 g/mol. The van der Waals surface area contributed by atoms with E-state index >= 15 is 0 Å². The number of anilines is 1. The van der Waals surface area contributed by atoms with Crippen LogP contribution >= 0.6 is 0 Å². The van der Waals surface area contributed by atoms with Crippen LogP contribution in [-0.2, 0) is 21.4 Å². The molecule has 0 atom stereocenters. The summed E-state index contributed by atoms with van der Waals surface area (Å²) in [5.41, 5.74) is 0.788. The number of hydrogen-bond donors (Lipinski definition) is 2. The summed E-state index contributed by atoms with van der Waals surface area (Å²) >= 11 is 0. The minimum atomic E-state index is -4.06. The predicted octanol–water partition coefficient (Wildman–Crippen LogP) is 1.38. The van der Waals surface area contributed by atoms with Crippen molar-refractivity contribution in [3.8, 4) is 0 Å². The molecule has 0 spiro atoms. The van der Waals surface area contributed by atoms with Crippen molar-refractivity contribution in [3.05, 3.63) is 41.7 Å². The predicted molar refractivity (Wildman–Crippen MR) is 72.9 cm³/mol. The molecule has 112 valence electrons. The smallest absolute Gasteiger partial charge is 0.413 e. The van der Waals surface area contributed by atoms with Crippen molar-refractivity contribution in [2.45, 2.75) is 18.4 Å². The minimum absolute atomic E-state index is 0.0177. The third kappa shape index (κ3) is 3.80. The van der Waals surface area contributed by atoms with Crippen molar-refractivity contribution in [1.29, 1.82) is 0 Å². The van der Waals surface area contributed by atoms with E-state index in [1.54, 1.807) is 24.3 Å². The third-order valence-electron chi connectivity index (χ3n) is 2.53. The van der Waals surface area contributed by atoms with Crippen molar-refractivity contribution in [1.82, 2.24) is 5.16 Å². The molecular formula is C12H13N3O5S. The van der Waals surface area contributed by atoms with E-state index in [9.17, 15) is 13.2 Å². The van der Waals surface area contributed by atoms with Gasteiger partial charge in [-0.2, -0.15) is 0 Å². The SMILES string of the molecule is Cc1onc(NC(=O)OCc2ccccc2)c1S(N)(=O)=O. The number of nitrogens with one attached hydrogen (secondary N) is 1. The second-order valence-corrected chi connectivity index (χ2v) is 5.65. The van der Waals surface area contributed by atoms with E-state index in [0.29, 0.717) is 0 Å². The summed E-state index contributed by atoms with van der Waals surface area (Å²) in [6, 6.07) is 9.00. The van der Waals surface area contributed by atoms with Crippen LogP contribution in [0.25, 0.3) is 0 Å². The molecule has 0 aliphatic rings. The number of primary sulfonamides is 1. The van der Waals surface area contributed by atoms with Gasteiger partial charge in [-0.15, -0.1) is 0 Å². The quantitative estimate of drug-likeness (QED) is 0.878.